The molecule has 0 bridgehead atoms. The molecule has 0 N–H and O–H groups in total. The van der Waals surface area contributed by atoms with Crippen LogP contribution in [0.3, 0.4) is 0 Å². The molecule has 0 heterocycles. The van der Waals surface area contributed by atoms with E-state index in [4.69, 9.17) is 0 Å². The van der Waals surface area contributed by atoms with Gasteiger partial charge in [-0.15, -0.1) is 11.8 Å². The first-order chi connectivity index (χ1) is 9.54. The van der Waals surface area contributed by atoms with Crippen molar-refractivity contribution in [3.05, 3.63) is 23.8 Å². The van der Waals surface area contributed by atoms with E-state index >= 15 is 0 Å². The maximum Gasteiger partial charge on any atom is 0.241 e. The van der Waals surface area contributed by atoms with E-state index in [0.717, 1.165) is 16.3 Å². The highest BCUT2D eigenvalue weighted by Gasteiger charge is 2.16. The summed E-state index contributed by atoms with van der Waals surface area (Å²) in [6, 6.07) is 8.08. The Morgan fingerprint density at radius 2 is 2.05 bits per heavy atom. The minimum Gasteiger partial charge on any atom is -0.361 e. The zero-order valence-corrected chi connectivity index (χ0v) is 13.3. The molecule has 0 unspecified atom stereocenters. The molecule has 0 saturated carbocycles. The Morgan fingerprint density at radius 3 is 2.55 bits per heavy atom. The summed E-state index contributed by atoms with van der Waals surface area (Å²) in [6.07, 6.45) is 0. The number of nitrogens with zero attached hydrogens (tertiary/aromatic N) is 3. The van der Waals surface area contributed by atoms with Crippen molar-refractivity contribution in [1.29, 1.82) is 5.26 Å². The molecule has 0 aliphatic heterocycles. The molecule has 4 nitrogen and oxygen atoms in total. The normalized spacial score (nSPS) is 9.95. The van der Waals surface area contributed by atoms with Gasteiger partial charge in [0.15, 0.2) is 0 Å². The van der Waals surface area contributed by atoms with Gasteiger partial charge in [0.2, 0.25) is 5.91 Å². The first kappa shape index (κ1) is 16.4. The highest BCUT2D eigenvalue weighted by atomic mass is 32.2. The van der Waals surface area contributed by atoms with E-state index in [2.05, 4.69) is 13.0 Å². The van der Waals surface area contributed by atoms with Crippen LogP contribution >= 0.6 is 11.8 Å². The van der Waals surface area contributed by atoms with Crippen molar-refractivity contribution in [3.63, 3.8) is 0 Å². The maximum atomic E-state index is 11.9. The third kappa shape index (κ3) is 3.91. The van der Waals surface area contributed by atoms with Crippen LogP contribution in [0.2, 0.25) is 0 Å². The summed E-state index contributed by atoms with van der Waals surface area (Å²) in [6.45, 7) is 5.03. The van der Waals surface area contributed by atoms with Gasteiger partial charge in [0.1, 0.15) is 6.07 Å². The van der Waals surface area contributed by atoms with Crippen LogP contribution in [-0.2, 0) is 4.79 Å². The van der Waals surface area contributed by atoms with Crippen LogP contribution in [0.15, 0.2) is 23.1 Å². The summed E-state index contributed by atoms with van der Waals surface area (Å²) in [5.74, 6) is 0.949. The summed E-state index contributed by atoms with van der Waals surface area (Å²) < 4.78 is 0. The predicted octanol–water partition coefficient (Wildman–Crippen LogP) is 2.58. The van der Waals surface area contributed by atoms with E-state index in [9.17, 15) is 10.1 Å². The molecule has 0 aromatic heterocycles. The number of benzene rings is 1. The van der Waals surface area contributed by atoms with E-state index < -0.39 is 0 Å². The van der Waals surface area contributed by atoms with Crippen LogP contribution in [0.1, 0.15) is 19.4 Å². The number of likely N-dealkylation sites (N-methyl/N-ethyl adjacent to an activating group) is 2. The second kappa shape index (κ2) is 7.81. The number of hydrogen-bond acceptors (Lipinski definition) is 4. The lowest BCUT2D eigenvalue weighted by Gasteiger charge is -2.25. The lowest BCUT2D eigenvalue weighted by atomic mass is 10.1. The molecule has 0 radical (unpaired) electrons. The van der Waals surface area contributed by atoms with Gasteiger partial charge in [0.25, 0.3) is 0 Å². The van der Waals surface area contributed by atoms with Gasteiger partial charge >= 0.3 is 0 Å². The van der Waals surface area contributed by atoms with Gasteiger partial charge in [0.05, 0.1) is 17.8 Å². The largest absolute Gasteiger partial charge is 0.361 e. The Balaban J connectivity index is 3.12. The highest BCUT2D eigenvalue weighted by Crippen LogP contribution is 2.30. The summed E-state index contributed by atoms with van der Waals surface area (Å²) in [7, 11) is 3.48. The number of anilines is 1. The molecule has 0 saturated heterocycles. The van der Waals surface area contributed by atoms with E-state index in [1.165, 1.54) is 0 Å². The van der Waals surface area contributed by atoms with Gasteiger partial charge in [-0.25, -0.2) is 0 Å². The van der Waals surface area contributed by atoms with Crippen molar-refractivity contribution < 1.29 is 4.79 Å². The van der Waals surface area contributed by atoms with Crippen molar-refractivity contribution in [2.75, 3.05) is 37.8 Å². The van der Waals surface area contributed by atoms with E-state index in [1.807, 2.05) is 30.0 Å². The molecule has 0 spiro atoms. The topological polar surface area (TPSA) is 47.3 Å². The number of amides is 1. The third-order valence-corrected chi connectivity index (χ3v) is 3.90. The van der Waals surface area contributed by atoms with Crippen LogP contribution in [0.5, 0.6) is 0 Å². The number of nitriles is 1. The fourth-order valence-electron chi connectivity index (χ4n) is 1.84. The molecular weight excluding hydrogens is 270 g/mol. The summed E-state index contributed by atoms with van der Waals surface area (Å²) in [5.41, 5.74) is 1.50. The fraction of sp³-hybridized carbons (Fsp3) is 0.467. The van der Waals surface area contributed by atoms with Crippen LogP contribution in [0, 0.1) is 11.3 Å². The predicted molar refractivity (Wildman–Crippen MR) is 84.1 cm³/mol. The Bertz CT molecular complexity index is 508. The van der Waals surface area contributed by atoms with E-state index in [0.29, 0.717) is 18.7 Å². The van der Waals surface area contributed by atoms with Crippen LogP contribution in [0.4, 0.5) is 5.69 Å². The minimum atomic E-state index is 0.0317. The molecule has 1 rings (SSSR count). The van der Waals surface area contributed by atoms with Crippen molar-refractivity contribution >= 4 is 23.4 Å². The molecule has 1 aromatic carbocycles. The first-order valence-corrected chi connectivity index (χ1v) is 7.64. The highest BCUT2D eigenvalue weighted by molar-refractivity contribution is 7.99. The van der Waals surface area contributed by atoms with Gasteiger partial charge in [-0.05, 0) is 24.8 Å². The minimum absolute atomic E-state index is 0.0317. The SMILES string of the molecule is CCSc1cccc(N(CC)CC(=O)N(C)C)c1C#N. The summed E-state index contributed by atoms with van der Waals surface area (Å²) >= 11 is 1.65. The standard InChI is InChI=1S/C15H21N3OS/c1-5-18(11-15(19)17(3)4)13-8-7-9-14(20-6-2)12(13)10-16/h7-9H,5-6,11H2,1-4H3. The molecule has 20 heavy (non-hydrogen) atoms. The van der Waals surface area contributed by atoms with E-state index in [-0.39, 0.29) is 5.91 Å². The van der Waals surface area contributed by atoms with Crippen molar-refractivity contribution in [3.8, 4) is 6.07 Å². The van der Waals surface area contributed by atoms with Gasteiger partial charge in [0, 0.05) is 25.5 Å². The second-order valence-corrected chi connectivity index (χ2v) is 5.80. The Labute approximate surface area is 125 Å². The maximum absolute atomic E-state index is 11.9. The summed E-state index contributed by atoms with van der Waals surface area (Å²) in [5, 5.41) is 9.43. The first-order valence-electron chi connectivity index (χ1n) is 6.66. The monoisotopic (exact) mass is 291 g/mol. The average Bonchev–Trinajstić information content (AvgIpc) is 2.44. The number of rotatable bonds is 6. The molecular formula is C15H21N3OS. The molecule has 0 atom stereocenters. The van der Waals surface area contributed by atoms with Crippen LogP contribution in [-0.4, -0.2) is 43.7 Å². The summed E-state index contributed by atoms with van der Waals surface area (Å²) in [4.78, 5) is 16.4. The Morgan fingerprint density at radius 1 is 1.35 bits per heavy atom. The lowest BCUT2D eigenvalue weighted by molar-refractivity contribution is -0.127. The van der Waals surface area contributed by atoms with Gasteiger partial charge in [-0.1, -0.05) is 13.0 Å². The fourth-order valence-corrected chi connectivity index (χ4v) is 2.62. The number of carbonyl (C=O) groups is 1. The zero-order chi connectivity index (χ0) is 15.1. The third-order valence-electron chi connectivity index (χ3n) is 2.96. The molecule has 108 valence electrons. The molecule has 1 aromatic rings. The smallest absolute Gasteiger partial charge is 0.241 e. The van der Waals surface area contributed by atoms with Crippen LogP contribution < -0.4 is 4.90 Å². The molecule has 5 heteroatoms. The van der Waals surface area contributed by atoms with Crippen molar-refractivity contribution in [2.45, 2.75) is 18.7 Å². The van der Waals surface area contributed by atoms with Crippen LogP contribution in [0.25, 0.3) is 0 Å². The van der Waals surface area contributed by atoms with Gasteiger partial charge < -0.3 is 9.80 Å². The molecule has 0 aliphatic carbocycles. The quantitative estimate of drug-likeness (QED) is 0.756. The number of thioether (sulfide) groups is 1. The Hall–Kier alpha value is -1.67. The molecule has 0 fully saturated rings. The number of hydrogen-bond donors (Lipinski definition) is 0. The second-order valence-electron chi connectivity index (χ2n) is 4.50. The van der Waals surface area contributed by atoms with Crippen molar-refractivity contribution in [1.82, 2.24) is 4.90 Å². The Kier molecular flexibility index (Phi) is 6.40. The molecule has 1 amide bonds. The van der Waals surface area contributed by atoms with Gasteiger partial charge in [-0.2, -0.15) is 5.26 Å². The van der Waals surface area contributed by atoms with Gasteiger partial charge in [-0.3, -0.25) is 4.79 Å². The molecule has 0 aliphatic rings. The van der Waals surface area contributed by atoms with Crippen molar-refractivity contribution in [2.24, 2.45) is 0 Å². The number of carbonyl (C=O) groups excluding carboxylic acids is 1. The van der Waals surface area contributed by atoms with E-state index in [1.54, 1.807) is 30.8 Å². The lowest BCUT2D eigenvalue weighted by Crippen LogP contribution is -2.37. The average molecular weight is 291 g/mol. The zero-order valence-electron chi connectivity index (χ0n) is 12.5.